The van der Waals surface area contributed by atoms with Crippen LogP contribution in [0.4, 0.5) is 0 Å². The summed E-state index contributed by atoms with van der Waals surface area (Å²) in [5.41, 5.74) is 0.634. The summed E-state index contributed by atoms with van der Waals surface area (Å²) in [5.74, 6) is 1.00. The van der Waals surface area contributed by atoms with Crippen molar-refractivity contribution < 1.29 is 44.3 Å². The first-order valence-electron chi connectivity index (χ1n) is 9.16. The molecule has 2 rings (SSSR count). The van der Waals surface area contributed by atoms with Crippen molar-refractivity contribution in [3.05, 3.63) is 71.8 Å². The molecule has 0 heterocycles. The number of aliphatic hydroxyl groups excluding tert-OH is 3. The molecule has 32 heavy (non-hydrogen) atoms. The molecule has 0 spiro atoms. The van der Waals surface area contributed by atoms with Gasteiger partial charge in [0.2, 0.25) is 0 Å². The quantitative estimate of drug-likeness (QED) is 0.150. The molecule has 2 aromatic rings. The molecule has 0 aliphatic rings. The first-order chi connectivity index (χ1) is 15.2. The Bertz CT molecular complexity index is 680. The summed E-state index contributed by atoms with van der Waals surface area (Å²) in [7, 11) is -5.22. The molecule has 0 amide bonds. The molecule has 0 radical (unpaired) electrons. The maximum Gasteiger partial charge on any atom is 0.334 e. The zero-order chi connectivity index (χ0) is 24.0. The first kappa shape index (κ1) is 29.7. The fourth-order valence-corrected chi connectivity index (χ4v) is 5.69. The van der Waals surface area contributed by atoms with E-state index in [1.54, 1.807) is 0 Å². The van der Waals surface area contributed by atoms with Crippen molar-refractivity contribution in [1.29, 1.82) is 0 Å². The number of hydrogen-bond donors (Lipinski definition) is 8. The van der Waals surface area contributed by atoms with E-state index in [2.05, 4.69) is 4.31 Å². The van der Waals surface area contributed by atoms with Crippen molar-refractivity contribution >= 4 is 40.7 Å². The highest BCUT2D eigenvalue weighted by Gasteiger charge is 2.50. The molecule has 0 atom stereocenters. The lowest BCUT2D eigenvalue weighted by Gasteiger charge is -2.43. The van der Waals surface area contributed by atoms with E-state index in [4.69, 9.17) is 19.6 Å². The third-order valence-corrected chi connectivity index (χ3v) is 8.76. The number of hydrogen-bond acceptors (Lipinski definition) is 11. The molecule has 0 bridgehead atoms. The minimum Gasteiger partial charge on any atom is -0.395 e. The van der Waals surface area contributed by atoms with Gasteiger partial charge in [-0.1, -0.05) is 60.7 Å². The second-order valence-corrected chi connectivity index (χ2v) is 10.7. The maximum atomic E-state index is 11.3. The molecule has 0 saturated carbocycles. The number of benzene rings is 2. The monoisotopic (exact) mass is 526 g/mol. The summed E-state index contributed by atoms with van der Waals surface area (Å²) in [6.07, 6.45) is 0. The van der Waals surface area contributed by atoms with E-state index in [1.165, 1.54) is 23.5 Å². The maximum absolute atomic E-state index is 11.3. The van der Waals surface area contributed by atoms with E-state index >= 15 is 0 Å². The highest BCUT2D eigenvalue weighted by atomic mass is 32.2. The lowest BCUT2D eigenvalue weighted by atomic mass is 9.92. The summed E-state index contributed by atoms with van der Waals surface area (Å²) < 4.78 is 2.06. The molecule has 9 nitrogen and oxygen atoms in total. The van der Waals surface area contributed by atoms with Crippen LogP contribution >= 0.6 is 40.7 Å². The van der Waals surface area contributed by atoms with Crippen LogP contribution in [0.5, 0.6) is 0 Å². The molecule has 0 aliphatic heterocycles. The fourth-order valence-electron chi connectivity index (χ4n) is 2.37. The lowest BCUT2D eigenvalue weighted by molar-refractivity contribution is -0.0618. The van der Waals surface area contributed by atoms with Crippen LogP contribution in [0.1, 0.15) is 11.1 Å². The Labute approximate surface area is 197 Å². The van der Waals surface area contributed by atoms with Crippen LogP contribution in [-0.4, -0.2) is 64.1 Å². The van der Waals surface area contributed by atoms with Gasteiger partial charge in [-0.15, -0.1) is 23.5 Å². The molecule has 0 saturated heterocycles. The van der Waals surface area contributed by atoms with Gasteiger partial charge in [0.1, 0.15) is 0 Å². The minimum absolute atomic E-state index is 0.501. The number of rotatable bonds is 12. The zero-order valence-electron chi connectivity index (χ0n) is 17.0. The van der Waals surface area contributed by atoms with E-state index in [-0.39, 0.29) is 0 Å². The largest absolute Gasteiger partial charge is 0.395 e. The first-order valence-corrected chi connectivity index (χ1v) is 13.5. The Morgan fingerprint density at radius 3 is 1.25 bits per heavy atom. The van der Waals surface area contributed by atoms with Crippen LogP contribution in [0.2, 0.25) is 0 Å². The average Bonchev–Trinajstić information content (AvgIpc) is 2.79. The van der Waals surface area contributed by atoms with Gasteiger partial charge >= 0.3 is 17.2 Å². The van der Waals surface area contributed by atoms with Crippen LogP contribution in [0.15, 0.2) is 60.7 Å². The fraction of sp³-hybridized carbons (Fsp3) is 0.368. The normalized spacial score (nSPS) is 12.1. The predicted molar refractivity (Wildman–Crippen MR) is 128 cm³/mol. The van der Waals surface area contributed by atoms with Crippen molar-refractivity contribution in [3.8, 4) is 0 Å². The molecule has 0 unspecified atom stereocenters. The Morgan fingerprint density at radius 2 is 1.00 bits per heavy atom. The Balaban J connectivity index is 0.000000633. The van der Waals surface area contributed by atoms with Crippen molar-refractivity contribution in [2.45, 2.75) is 15.8 Å². The van der Waals surface area contributed by atoms with E-state index in [9.17, 15) is 20.4 Å². The van der Waals surface area contributed by atoms with Gasteiger partial charge in [-0.05, 0) is 11.1 Å². The summed E-state index contributed by atoms with van der Waals surface area (Å²) in [6.45, 7) is -1.54. The van der Waals surface area contributed by atoms with Gasteiger partial charge in [0.25, 0.3) is 0 Å². The molecule has 0 aromatic heterocycles. The Morgan fingerprint density at radius 1 is 0.656 bits per heavy atom. The number of thioether (sulfide) groups is 2. The van der Waals surface area contributed by atoms with Gasteiger partial charge in [-0.2, -0.15) is 0 Å². The van der Waals surface area contributed by atoms with Crippen molar-refractivity contribution in [2.75, 3.05) is 19.8 Å². The third-order valence-electron chi connectivity index (χ3n) is 4.28. The Kier molecular flexibility index (Phi) is 14.4. The topological polar surface area (TPSA) is 171 Å². The standard InChI is InChI=1S/C19H24O4S2.H4O5P2/c20-13-18(14-21,15-22)19(23,24-11-16-7-3-1-4-8-16)25-12-17-9-5-2-6-10-17;1-6(2)5-7(3)4/h1-10,20-23H,11-15H2;1-4H. The molecule has 8 N–H and O–H groups in total. The molecule has 180 valence electrons. The molecule has 13 heteroatoms. The van der Waals surface area contributed by atoms with E-state index in [1.807, 2.05) is 60.7 Å². The molecular weight excluding hydrogens is 498 g/mol. The van der Waals surface area contributed by atoms with Gasteiger partial charge in [-0.3, -0.25) is 0 Å². The SMILES string of the molecule is OCC(CO)(CO)C(O)(SCc1ccccc1)SCc1ccccc1.OP(O)OP(O)O. The van der Waals surface area contributed by atoms with Gasteiger partial charge in [0, 0.05) is 11.5 Å². The Hall–Kier alpha value is -0.360. The van der Waals surface area contributed by atoms with E-state index in [0.717, 1.165) is 11.1 Å². The van der Waals surface area contributed by atoms with Crippen molar-refractivity contribution in [3.63, 3.8) is 0 Å². The van der Waals surface area contributed by atoms with E-state index in [0.29, 0.717) is 11.5 Å². The highest BCUT2D eigenvalue weighted by Crippen LogP contribution is 2.50. The van der Waals surface area contributed by atoms with Gasteiger partial charge in [-0.25, -0.2) is 4.31 Å². The van der Waals surface area contributed by atoms with Crippen LogP contribution < -0.4 is 0 Å². The molecular formula is C19H28O9P2S2. The molecule has 0 fully saturated rings. The van der Waals surface area contributed by atoms with Crippen molar-refractivity contribution in [1.82, 2.24) is 0 Å². The summed E-state index contributed by atoms with van der Waals surface area (Å²) >= 11 is 2.43. The van der Waals surface area contributed by atoms with Crippen LogP contribution in [-0.2, 0) is 15.8 Å². The van der Waals surface area contributed by atoms with Gasteiger partial charge in [0.05, 0.1) is 25.2 Å². The highest BCUT2D eigenvalue weighted by molar-refractivity contribution is 8.17. The van der Waals surface area contributed by atoms with Crippen molar-refractivity contribution in [2.24, 2.45) is 5.41 Å². The second kappa shape index (κ2) is 15.5. The summed E-state index contributed by atoms with van der Waals surface area (Å²) in [5, 5.41) is 40.7. The average molecular weight is 527 g/mol. The van der Waals surface area contributed by atoms with Gasteiger partial charge < -0.3 is 40.0 Å². The smallest absolute Gasteiger partial charge is 0.334 e. The summed E-state index contributed by atoms with van der Waals surface area (Å²) in [6, 6.07) is 19.3. The second-order valence-electron chi connectivity index (χ2n) is 6.47. The van der Waals surface area contributed by atoms with Crippen LogP contribution in [0.3, 0.4) is 0 Å². The summed E-state index contributed by atoms with van der Waals surface area (Å²) in [4.78, 5) is 31.3. The third kappa shape index (κ3) is 9.87. The minimum atomic E-state index is -2.61. The van der Waals surface area contributed by atoms with Crippen LogP contribution in [0.25, 0.3) is 0 Å². The predicted octanol–water partition coefficient (Wildman–Crippen LogP) is 1.89. The molecule has 0 aliphatic carbocycles. The zero-order valence-corrected chi connectivity index (χ0v) is 20.4. The molecule has 2 aromatic carbocycles. The number of aliphatic hydroxyl groups is 4. The lowest BCUT2D eigenvalue weighted by Crippen LogP contribution is -2.51. The van der Waals surface area contributed by atoms with Crippen LogP contribution in [0, 0.1) is 5.41 Å². The van der Waals surface area contributed by atoms with Gasteiger partial charge in [0.15, 0.2) is 4.27 Å². The van der Waals surface area contributed by atoms with E-state index < -0.39 is 46.7 Å².